The second-order valence-electron chi connectivity index (χ2n) is 7.34. The molecule has 0 radical (unpaired) electrons. The Labute approximate surface area is 216 Å². The molecule has 0 unspecified atom stereocenters. The van der Waals surface area contributed by atoms with E-state index in [9.17, 15) is 10.1 Å². The minimum atomic E-state index is -0.181. The molecule has 0 aliphatic heterocycles. The van der Waals surface area contributed by atoms with Gasteiger partial charge in [0.25, 0.3) is 0 Å². The van der Waals surface area contributed by atoms with E-state index in [1.165, 1.54) is 18.4 Å². The van der Waals surface area contributed by atoms with Crippen LogP contribution in [0.2, 0.25) is 10.0 Å². The van der Waals surface area contributed by atoms with Crippen molar-refractivity contribution in [3.8, 4) is 28.8 Å². The summed E-state index contributed by atoms with van der Waals surface area (Å²) in [6.07, 6.45) is 1.73. The molecule has 0 atom stereocenters. The summed E-state index contributed by atoms with van der Waals surface area (Å²) in [6.45, 7) is -0.150. The number of allylic oxidation sites excluding steroid dienone is 1. The van der Waals surface area contributed by atoms with Crippen LogP contribution in [0.25, 0.3) is 22.9 Å². The summed E-state index contributed by atoms with van der Waals surface area (Å²) < 4.78 is 11.1. The average molecular weight is 521 g/mol. The number of carbonyl (C=O) groups is 1. The molecular weight excluding hydrogens is 503 g/mol. The summed E-state index contributed by atoms with van der Waals surface area (Å²) in [5.41, 5.74) is 3.36. The van der Waals surface area contributed by atoms with E-state index in [0.717, 1.165) is 16.8 Å². The lowest BCUT2D eigenvalue weighted by Gasteiger charge is -2.11. The first-order valence-electron chi connectivity index (χ1n) is 10.4. The molecular formula is C27H18Cl2N2O3S. The van der Waals surface area contributed by atoms with Gasteiger partial charge in [-0.05, 0) is 60.2 Å². The molecule has 0 N–H and O–H groups in total. The molecule has 0 amide bonds. The number of nitriles is 1. The predicted molar refractivity (Wildman–Crippen MR) is 140 cm³/mol. The van der Waals surface area contributed by atoms with Gasteiger partial charge in [0.05, 0.1) is 18.4 Å². The summed E-state index contributed by atoms with van der Waals surface area (Å²) in [5, 5.41) is 13.5. The van der Waals surface area contributed by atoms with Crippen LogP contribution in [-0.2, 0) is 0 Å². The summed E-state index contributed by atoms with van der Waals surface area (Å²) in [4.78, 5) is 17.0. The van der Waals surface area contributed by atoms with E-state index in [0.29, 0.717) is 37.7 Å². The Balaban J connectivity index is 1.51. The maximum absolute atomic E-state index is 12.4. The number of rotatable bonds is 8. The summed E-state index contributed by atoms with van der Waals surface area (Å²) >= 11 is 13.2. The third-order valence-corrected chi connectivity index (χ3v) is 6.40. The van der Waals surface area contributed by atoms with Gasteiger partial charge in [-0.25, -0.2) is 4.98 Å². The zero-order valence-electron chi connectivity index (χ0n) is 18.5. The highest BCUT2D eigenvalue weighted by Crippen LogP contribution is 2.32. The Hall–Kier alpha value is -3.63. The van der Waals surface area contributed by atoms with Crippen LogP contribution in [-0.4, -0.2) is 24.5 Å². The number of halogens is 2. The maximum atomic E-state index is 12.4. The van der Waals surface area contributed by atoms with E-state index >= 15 is 0 Å². The van der Waals surface area contributed by atoms with Crippen molar-refractivity contribution in [1.29, 1.82) is 5.26 Å². The standard InChI is InChI=1S/C27H18Cl2N2O3S/c1-33-26-13-17(2-11-25(26)34-15-24(32)19-5-9-22(29)10-6-19)12-20(14-30)27-31-23(16-35-27)18-3-7-21(28)8-4-18/h2-13,16H,15H2,1H3. The largest absolute Gasteiger partial charge is 0.493 e. The predicted octanol–water partition coefficient (Wildman–Crippen LogP) is 7.45. The van der Waals surface area contributed by atoms with Gasteiger partial charge in [-0.15, -0.1) is 11.3 Å². The van der Waals surface area contributed by atoms with Gasteiger partial charge in [-0.2, -0.15) is 5.26 Å². The molecule has 0 aliphatic rings. The van der Waals surface area contributed by atoms with Crippen molar-refractivity contribution in [2.24, 2.45) is 0 Å². The quantitative estimate of drug-likeness (QED) is 0.178. The van der Waals surface area contributed by atoms with E-state index < -0.39 is 0 Å². The number of Topliss-reactive ketones (excluding diaryl/α,β-unsaturated/α-hetero) is 1. The Morgan fingerprint density at radius 2 is 1.71 bits per heavy atom. The fourth-order valence-electron chi connectivity index (χ4n) is 3.21. The molecule has 1 aromatic heterocycles. The molecule has 0 saturated heterocycles. The fraction of sp³-hybridized carbons (Fsp3) is 0.0741. The smallest absolute Gasteiger partial charge is 0.200 e. The Morgan fingerprint density at radius 3 is 2.37 bits per heavy atom. The van der Waals surface area contributed by atoms with Crippen molar-refractivity contribution in [1.82, 2.24) is 4.98 Å². The van der Waals surface area contributed by atoms with E-state index in [1.807, 2.05) is 17.5 Å². The highest BCUT2D eigenvalue weighted by molar-refractivity contribution is 7.11. The molecule has 0 saturated carbocycles. The molecule has 5 nitrogen and oxygen atoms in total. The van der Waals surface area contributed by atoms with E-state index in [1.54, 1.807) is 60.7 Å². The average Bonchev–Trinajstić information content (AvgIpc) is 3.37. The van der Waals surface area contributed by atoms with Crippen molar-refractivity contribution in [3.05, 3.63) is 98.3 Å². The number of methoxy groups -OCH3 is 1. The number of aromatic nitrogens is 1. The van der Waals surface area contributed by atoms with E-state index in [4.69, 9.17) is 32.7 Å². The molecule has 1 heterocycles. The number of hydrogen-bond acceptors (Lipinski definition) is 6. The van der Waals surface area contributed by atoms with Crippen molar-refractivity contribution < 1.29 is 14.3 Å². The first-order chi connectivity index (χ1) is 17.0. The fourth-order valence-corrected chi connectivity index (χ4v) is 4.26. The molecule has 0 spiro atoms. The Bertz CT molecular complexity index is 1420. The molecule has 35 heavy (non-hydrogen) atoms. The van der Waals surface area contributed by atoms with Gasteiger partial charge in [-0.1, -0.05) is 41.4 Å². The number of thiazole rings is 1. The normalized spacial score (nSPS) is 11.1. The summed E-state index contributed by atoms with van der Waals surface area (Å²) in [6, 6.07) is 21.4. The number of nitrogens with zero attached hydrogens (tertiary/aromatic N) is 2. The van der Waals surface area contributed by atoms with Crippen molar-refractivity contribution in [2.45, 2.75) is 0 Å². The molecule has 4 rings (SSSR count). The van der Waals surface area contributed by atoms with Crippen LogP contribution in [0.5, 0.6) is 11.5 Å². The van der Waals surface area contributed by atoms with Gasteiger partial charge >= 0.3 is 0 Å². The molecule has 8 heteroatoms. The van der Waals surface area contributed by atoms with Gasteiger partial charge in [0.2, 0.25) is 0 Å². The highest BCUT2D eigenvalue weighted by Gasteiger charge is 2.13. The van der Waals surface area contributed by atoms with Crippen LogP contribution in [0.1, 0.15) is 20.9 Å². The van der Waals surface area contributed by atoms with Crippen molar-refractivity contribution in [3.63, 3.8) is 0 Å². The van der Waals surface area contributed by atoms with E-state index in [-0.39, 0.29) is 12.4 Å². The van der Waals surface area contributed by atoms with Crippen molar-refractivity contribution >= 4 is 52.0 Å². The van der Waals surface area contributed by atoms with Crippen LogP contribution < -0.4 is 9.47 Å². The van der Waals surface area contributed by atoms with Crippen LogP contribution in [0.15, 0.2) is 72.1 Å². The summed E-state index contributed by atoms with van der Waals surface area (Å²) in [7, 11) is 1.52. The van der Waals surface area contributed by atoms with E-state index in [2.05, 4.69) is 11.1 Å². The molecule has 3 aromatic carbocycles. The third-order valence-electron chi connectivity index (χ3n) is 5.02. The minimum Gasteiger partial charge on any atom is -0.493 e. The second-order valence-corrected chi connectivity index (χ2v) is 9.07. The number of carbonyl (C=O) groups excluding carboxylic acids is 1. The SMILES string of the molecule is COc1cc(C=C(C#N)c2nc(-c3ccc(Cl)cc3)cs2)ccc1OCC(=O)c1ccc(Cl)cc1. The lowest BCUT2D eigenvalue weighted by molar-refractivity contribution is 0.0919. The lowest BCUT2D eigenvalue weighted by atomic mass is 10.1. The van der Waals surface area contributed by atoms with Crippen LogP contribution in [0.4, 0.5) is 0 Å². The second kappa shape index (κ2) is 11.2. The zero-order chi connectivity index (χ0) is 24.8. The first kappa shape index (κ1) is 24.5. The van der Waals surface area contributed by atoms with Crippen molar-refractivity contribution in [2.75, 3.05) is 13.7 Å². The topological polar surface area (TPSA) is 72.2 Å². The number of ether oxygens (including phenoxy) is 2. The first-order valence-corrected chi connectivity index (χ1v) is 12.0. The van der Waals surface area contributed by atoms with Gasteiger partial charge in [0.15, 0.2) is 23.9 Å². The van der Waals surface area contributed by atoms with Gasteiger partial charge in [0.1, 0.15) is 11.1 Å². The lowest BCUT2D eigenvalue weighted by Crippen LogP contribution is -2.12. The number of benzene rings is 3. The minimum absolute atomic E-state index is 0.150. The molecule has 0 fully saturated rings. The molecule has 0 aliphatic carbocycles. The zero-order valence-corrected chi connectivity index (χ0v) is 20.8. The van der Waals surface area contributed by atoms with Gasteiger partial charge in [0, 0.05) is 26.6 Å². The summed E-state index contributed by atoms with van der Waals surface area (Å²) in [5.74, 6) is 0.686. The van der Waals surface area contributed by atoms with Crippen LogP contribution in [0, 0.1) is 11.3 Å². The van der Waals surface area contributed by atoms with Gasteiger partial charge < -0.3 is 9.47 Å². The van der Waals surface area contributed by atoms with Crippen LogP contribution >= 0.6 is 34.5 Å². The molecule has 4 aromatic rings. The monoisotopic (exact) mass is 520 g/mol. The highest BCUT2D eigenvalue weighted by atomic mass is 35.5. The number of hydrogen-bond donors (Lipinski definition) is 0. The molecule has 0 bridgehead atoms. The van der Waals surface area contributed by atoms with Crippen LogP contribution in [0.3, 0.4) is 0 Å². The molecule has 174 valence electrons. The Morgan fingerprint density at radius 1 is 1.03 bits per heavy atom. The third kappa shape index (κ3) is 6.09. The Kier molecular flexibility index (Phi) is 7.84. The maximum Gasteiger partial charge on any atom is 0.200 e. The number of ketones is 1. The van der Waals surface area contributed by atoms with Gasteiger partial charge in [-0.3, -0.25) is 4.79 Å².